The highest BCUT2D eigenvalue weighted by atomic mass is 19.1. The minimum Gasteiger partial charge on any atom is -0.450 e. The van der Waals surface area contributed by atoms with Crippen molar-refractivity contribution in [3.05, 3.63) is 59.3 Å². The molecule has 186 valence electrons. The third-order valence-electron chi connectivity index (χ3n) is 5.62. The van der Waals surface area contributed by atoms with Gasteiger partial charge in [0.1, 0.15) is 11.5 Å². The van der Waals surface area contributed by atoms with Gasteiger partial charge in [-0.1, -0.05) is 12.1 Å². The van der Waals surface area contributed by atoms with Gasteiger partial charge in [-0.3, -0.25) is 19.8 Å². The van der Waals surface area contributed by atoms with Crippen LogP contribution in [0.15, 0.2) is 52.9 Å². The van der Waals surface area contributed by atoms with Crippen molar-refractivity contribution in [3.63, 3.8) is 0 Å². The SMILES string of the molecule is CCOC(=O)NC1=CC(N2CCOCC2)=CN2C(=O)C(O)C(C(=O)NCc3ccc(F)cc3)=NC12. The number of amides is 3. The van der Waals surface area contributed by atoms with E-state index in [0.717, 1.165) is 0 Å². The predicted octanol–water partition coefficient (Wildman–Crippen LogP) is 0.229. The Morgan fingerprint density at radius 1 is 1.26 bits per heavy atom. The number of aliphatic hydroxyl groups is 1. The third kappa shape index (κ3) is 5.49. The number of hydrogen-bond donors (Lipinski definition) is 3. The number of benzene rings is 1. The molecule has 2 unspecified atom stereocenters. The van der Waals surface area contributed by atoms with E-state index >= 15 is 0 Å². The Hall–Kier alpha value is -3.77. The van der Waals surface area contributed by atoms with Crippen LogP contribution < -0.4 is 10.6 Å². The Kier molecular flexibility index (Phi) is 7.42. The van der Waals surface area contributed by atoms with Crippen molar-refractivity contribution >= 4 is 23.6 Å². The van der Waals surface area contributed by atoms with Crippen molar-refractivity contribution in [2.45, 2.75) is 25.7 Å². The van der Waals surface area contributed by atoms with Crippen LogP contribution in [0.4, 0.5) is 9.18 Å². The lowest BCUT2D eigenvalue weighted by Gasteiger charge is -2.39. The van der Waals surface area contributed by atoms with Crippen molar-refractivity contribution in [3.8, 4) is 0 Å². The number of allylic oxidation sites excluding steroid dienone is 1. The Bertz CT molecular complexity index is 1080. The van der Waals surface area contributed by atoms with Crippen LogP contribution in [0.1, 0.15) is 12.5 Å². The van der Waals surface area contributed by atoms with Gasteiger partial charge >= 0.3 is 6.09 Å². The quantitative estimate of drug-likeness (QED) is 0.523. The molecule has 1 aromatic carbocycles. The van der Waals surface area contributed by atoms with E-state index in [1.165, 1.54) is 35.4 Å². The number of morpholine rings is 1. The number of rotatable bonds is 6. The first-order valence-electron chi connectivity index (χ1n) is 11.2. The lowest BCUT2D eigenvalue weighted by Crippen LogP contribution is -2.57. The number of ether oxygens (including phenoxy) is 2. The first-order valence-corrected chi connectivity index (χ1v) is 11.2. The molecule has 1 saturated heterocycles. The molecule has 1 fully saturated rings. The highest BCUT2D eigenvalue weighted by Crippen LogP contribution is 2.27. The summed E-state index contributed by atoms with van der Waals surface area (Å²) in [5.41, 5.74) is 1.07. The fourth-order valence-electron chi connectivity index (χ4n) is 3.85. The molecule has 1 aromatic rings. The normalized spacial score (nSPS) is 21.9. The van der Waals surface area contributed by atoms with Gasteiger partial charge in [0.2, 0.25) is 0 Å². The number of aliphatic hydroxyl groups excluding tert-OH is 1. The summed E-state index contributed by atoms with van der Waals surface area (Å²) in [5, 5.41) is 15.8. The Morgan fingerprint density at radius 2 is 1.97 bits per heavy atom. The van der Waals surface area contributed by atoms with E-state index in [9.17, 15) is 23.9 Å². The fourth-order valence-corrected chi connectivity index (χ4v) is 3.85. The molecule has 11 nitrogen and oxygen atoms in total. The molecular formula is C23H26FN5O6. The number of nitrogens with one attached hydrogen (secondary N) is 2. The number of hydrogen-bond acceptors (Lipinski definition) is 8. The van der Waals surface area contributed by atoms with Crippen LogP contribution in [0.25, 0.3) is 0 Å². The summed E-state index contributed by atoms with van der Waals surface area (Å²) >= 11 is 0. The minimum absolute atomic E-state index is 0.0400. The first-order chi connectivity index (χ1) is 16.9. The maximum absolute atomic E-state index is 13.1. The molecule has 0 bridgehead atoms. The number of fused-ring (bicyclic) bond motifs is 1. The second-order valence-corrected chi connectivity index (χ2v) is 7.94. The zero-order chi connectivity index (χ0) is 24.9. The topological polar surface area (TPSA) is 133 Å². The molecule has 12 heteroatoms. The lowest BCUT2D eigenvalue weighted by atomic mass is 10.0. The average molecular weight is 487 g/mol. The molecule has 0 radical (unpaired) electrons. The van der Waals surface area contributed by atoms with Gasteiger partial charge < -0.3 is 24.8 Å². The Balaban J connectivity index is 1.59. The third-order valence-corrected chi connectivity index (χ3v) is 5.62. The van der Waals surface area contributed by atoms with Crippen LogP contribution >= 0.6 is 0 Å². The van der Waals surface area contributed by atoms with Gasteiger partial charge in [0, 0.05) is 25.8 Å². The second-order valence-electron chi connectivity index (χ2n) is 7.94. The van der Waals surface area contributed by atoms with Gasteiger partial charge in [0.15, 0.2) is 12.3 Å². The van der Waals surface area contributed by atoms with E-state index in [2.05, 4.69) is 15.6 Å². The van der Waals surface area contributed by atoms with Crippen molar-refractivity contribution in [1.82, 2.24) is 20.4 Å². The molecule has 3 N–H and O–H groups in total. The number of alkyl carbamates (subject to hydrolysis) is 1. The number of aliphatic imine (C=N–C) groups is 1. The molecule has 4 rings (SSSR count). The summed E-state index contributed by atoms with van der Waals surface area (Å²) < 4.78 is 23.5. The predicted molar refractivity (Wildman–Crippen MR) is 121 cm³/mol. The fraction of sp³-hybridized carbons (Fsp3) is 0.391. The molecule has 3 heterocycles. The molecule has 3 amide bonds. The average Bonchev–Trinajstić information content (AvgIpc) is 2.86. The molecule has 0 spiro atoms. The van der Waals surface area contributed by atoms with Crippen LogP contribution in [-0.4, -0.2) is 83.7 Å². The second kappa shape index (κ2) is 10.7. The van der Waals surface area contributed by atoms with Crippen LogP contribution in [0, 0.1) is 5.82 Å². The zero-order valence-corrected chi connectivity index (χ0v) is 19.1. The zero-order valence-electron chi connectivity index (χ0n) is 19.1. The molecule has 3 aliphatic heterocycles. The summed E-state index contributed by atoms with van der Waals surface area (Å²) in [6.07, 6.45) is -0.422. The Morgan fingerprint density at radius 3 is 2.66 bits per heavy atom. The van der Waals surface area contributed by atoms with Crippen LogP contribution in [0.5, 0.6) is 0 Å². The van der Waals surface area contributed by atoms with Crippen molar-refractivity contribution in [1.29, 1.82) is 0 Å². The number of carbonyl (C=O) groups excluding carboxylic acids is 3. The molecular weight excluding hydrogens is 461 g/mol. The van der Waals surface area contributed by atoms with E-state index < -0.39 is 41.7 Å². The van der Waals surface area contributed by atoms with Gasteiger partial charge in [-0.15, -0.1) is 0 Å². The van der Waals surface area contributed by atoms with Crippen LogP contribution in [-0.2, 0) is 25.6 Å². The number of carbonyl (C=O) groups is 3. The van der Waals surface area contributed by atoms with Gasteiger partial charge in [-0.25, -0.2) is 14.2 Å². The number of halogens is 1. The molecule has 2 atom stereocenters. The summed E-state index contributed by atoms with van der Waals surface area (Å²) in [5.74, 6) is -1.93. The maximum Gasteiger partial charge on any atom is 0.411 e. The summed E-state index contributed by atoms with van der Waals surface area (Å²) in [6, 6.07) is 5.53. The van der Waals surface area contributed by atoms with E-state index in [0.29, 0.717) is 37.6 Å². The molecule has 35 heavy (non-hydrogen) atoms. The van der Waals surface area contributed by atoms with E-state index in [4.69, 9.17) is 9.47 Å². The molecule has 0 aromatic heterocycles. The van der Waals surface area contributed by atoms with Crippen LogP contribution in [0.2, 0.25) is 0 Å². The van der Waals surface area contributed by atoms with Crippen molar-refractivity contribution < 1.29 is 33.4 Å². The minimum atomic E-state index is -1.80. The van der Waals surface area contributed by atoms with E-state index in [1.807, 2.05) is 4.90 Å². The standard InChI is InChI=1S/C23H26FN5O6/c1-2-35-23(33)26-17-11-16(28-7-9-34-10-8-28)13-29-20(17)27-18(19(30)22(29)32)21(31)25-12-14-3-5-15(24)6-4-14/h3-6,11,13,19-20,30H,2,7-10,12H2,1H3,(H,25,31)(H,26,33). The van der Waals surface area contributed by atoms with E-state index in [1.54, 1.807) is 13.0 Å². The Labute approximate surface area is 200 Å². The highest BCUT2D eigenvalue weighted by Gasteiger charge is 2.42. The first kappa shape index (κ1) is 24.4. The van der Waals surface area contributed by atoms with Gasteiger partial charge in [0.25, 0.3) is 11.8 Å². The van der Waals surface area contributed by atoms with Gasteiger partial charge in [-0.05, 0) is 30.7 Å². The van der Waals surface area contributed by atoms with Crippen molar-refractivity contribution in [2.24, 2.45) is 4.99 Å². The highest BCUT2D eigenvalue weighted by molar-refractivity contribution is 6.44. The molecule has 0 aliphatic carbocycles. The number of nitrogens with zero attached hydrogens (tertiary/aromatic N) is 3. The van der Waals surface area contributed by atoms with Gasteiger partial charge in [-0.2, -0.15) is 0 Å². The maximum atomic E-state index is 13.1. The largest absolute Gasteiger partial charge is 0.450 e. The molecule has 3 aliphatic rings. The summed E-state index contributed by atoms with van der Waals surface area (Å²) in [7, 11) is 0. The van der Waals surface area contributed by atoms with E-state index in [-0.39, 0.29) is 18.8 Å². The lowest BCUT2D eigenvalue weighted by molar-refractivity contribution is -0.137. The summed E-state index contributed by atoms with van der Waals surface area (Å²) in [4.78, 5) is 45.5. The smallest absolute Gasteiger partial charge is 0.411 e. The molecule has 0 saturated carbocycles. The van der Waals surface area contributed by atoms with Crippen molar-refractivity contribution in [2.75, 3.05) is 32.9 Å². The summed E-state index contributed by atoms with van der Waals surface area (Å²) in [6.45, 7) is 3.98. The van der Waals surface area contributed by atoms with Gasteiger partial charge in [0.05, 0.1) is 31.2 Å². The van der Waals surface area contributed by atoms with Crippen LogP contribution in [0.3, 0.4) is 0 Å². The monoisotopic (exact) mass is 487 g/mol.